The molecule has 2 aromatic rings. The molecule has 20 heavy (non-hydrogen) atoms. The summed E-state index contributed by atoms with van der Waals surface area (Å²) < 4.78 is 2.02. The molecule has 0 spiro atoms. The second-order valence-corrected chi connectivity index (χ2v) is 5.71. The van der Waals surface area contributed by atoms with Crippen molar-refractivity contribution >= 4 is 28.8 Å². The van der Waals surface area contributed by atoms with Crippen LogP contribution in [0, 0.1) is 0 Å². The molecule has 0 atom stereocenters. The van der Waals surface area contributed by atoms with Gasteiger partial charge in [-0.25, -0.2) is 5.06 Å². The van der Waals surface area contributed by atoms with Crippen LogP contribution in [0.25, 0.3) is 11.3 Å². The molecule has 1 aromatic heterocycles. The van der Waals surface area contributed by atoms with Crippen LogP contribution in [-0.4, -0.2) is 25.1 Å². The van der Waals surface area contributed by atoms with E-state index in [4.69, 9.17) is 16.4 Å². The van der Waals surface area contributed by atoms with Gasteiger partial charge in [0.15, 0.2) is 0 Å². The number of hydrogen-bond donors (Lipinski definition) is 0. The zero-order chi connectivity index (χ0) is 14.7. The minimum Gasteiger partial charge on any atom is -0.275 e. The van der Waals surface area contributed by atoms with Gasteiger partial charge in [-0.1, -0.05) is 22.9 Å². The lowest BCUT2D eigenvalue weighted by atomic mass is 10.2. The van der Waals surface area contributed by atoms with Crippen LogP contribution in [-0.2, 0) is 23.1 Å². The molecule has 0 aliphatic carbocycles. The molecule has 0 unspecified atom stereocenters. The highest BCUT2D eigenvalue weighted by Crippen LogP contribution is 2.22. The quantitative estimate of drug-likeness (QED) is 0.642. The summed E-state index contributed by atoms with van der Waals surface area (Å²) in [4.78, 5) is 16.8. The summed E-state index contributed by atoms with van der Waals surface area (Å²) in [6, 6.07) is 7.66. The summed E-state index contributed by atoms with van der Waals surface area (Å²) in [5, 5.41) is 4.97. The van der Waals surface area contributed by atoms with Crippen molar-refractivity contribution in [2.45, 2.75) is 6.42 Å². The van der Waals surface area contributed by atoms with E-state index < -0.39 is 0 Å². The van der Waals surface area contributed by atoms with Crippen LogP contribution >= 0.6 is 22.9 Å². The summed E-state index contributed by atoms with van der Waals surface area (Å²) in [5.74, 6) is -0.0763. The monoisotopic (exact) mass is 311 g/mol. The Balaban J connectivity index is 2.23. The molecule has 106 valence electrons. The van der Waals surface area contributed by atoms with Crippen molar-refractivity contribution in [3.8, 4) is 11.3 Å². The number of aromatic nitrogens is 1. The Morgan fingerprint density at radius 3 is 2.65 bits per heavy atom. The average Bonchev–Trinajstić information content (AvgIpc) is 2.80. The molecule has 0 saturated carbocycles. The topological polar surface area (TPSA) is 33.4 Å². The Morgan fingerprint density at radius 1 is 1.40 bits per heavy atom. The second kappa shape index (κ2) is 6.35. The maximum atomic E-state index is 11.9. The summed E-state index contributed by atoms with van der Waals surface area (Å²) in [7, 11) is 5.04. The Kier molecular flexibility index (Phi) is 4.75. The summed E-state index contributed by atoms with van der Waals surface area (Å²) in [5.41, 5.74) is 2.14. The predicted molar refractivity (Wildman–Crippen MR) is 79.4 cm³/mol. The van der Waals surface area contributed by atoms with Gasteiger partial charge in [-0.15, -0.1) is 0 Å². The fourth-order valence-electron chi connectivity index (χ4n) is 1.80. The van der Waals surface area contributed by atoms with Crippen molar-refractivity contribution in [1.29, 1.82) is 0 Å². The summed E-state index contributed by atoms with van der Waals surface area (Å²) >= 11 is 7.45. The first-order chi connectivity index (χ1) is 9.52. The standard InChI is InChI=1S/C14H16ClN2O2S/c1-16-12(10-4-6-11(15)7-5-10)9-20-14(16)8-13(18)17(2)19-3/h4-7,9H,8H2,1-3H3/q+1. The van der Waals surface area contributed by atoms with Gasteiger partial charge in [0.25, 0.3) is 5.91 Å². The van der Waals surface area contributed by atoms with Crippen LogP contribution in [0.15, 0.2) is 29.6 Å². The lowest BCUT2D eigenvalue weighted by molar-refractivity contribution is -0.662. The van der Waals surface area contributed by atoms with Gasteiger partial charge in [0.2, 0.25) is 10.7 Å². The molecule has 4 nitrogen and oxygen atoms in total. The molecule has 2 rings (SSSR count). The number of nitrogens with zero attached hydrogens (tertiary/aromatic N) is 2. The minimum atomic E-state index is -0.0763. The number of carbonyl (C=O) groups excluding carboxylic acids is 1. The van der Waals surface area contributed by atoms with Crippen molar-refractivity contribution in [2.75, 3.05) is 14.2 Å². The lowest BCUT2D eigenvalue weighted by Crippen LogP contribution is -2.36. The van der Waals surface area contributed by atoms with Crippen LogP contribution in [0.5, 0.6) is 0 Å². The van der Waals surface area contributed by atoms with Crippen molar-refractivity contribution in [1.82, 2.24) is 5.06 Å². The number of thiazole rings is 1. The molecule has 1 aromatic carbocycles. The number of rotatable bonds is 4. The molecule has 0 saturated heterocycles. The normalized spacial score (nSPS) is 10.6. The van der Waals surface area contributed by atoms with Crippen molar-refractivity contribution in [3.63, 3.8) is 0 Å². The number of hydrogen-bond acceptors (Lipinski definition) is 3. The van der Waals surface area contributed by atoms with Crippen LogP contribution in [0.4, 0.5) is 0 Å². The van der Waals surface area contributed by atoms with Crippen LogP contribution in [0.1, 0.15) is 5.01 Å². The number of amides is 1. The molecule has 0 aliphatic heterocycles. The van der Waals surface area contributed by atoms with E-state index in [1.165, 1.54) is 12.2 Å². The van der Waals surface area contributed by atoms with E-state index in [2.05, 4.69) is 0 Å². The van der Waals surface area contributed by atoms with E-state index in [-0.39, 0.29) is 5.91 Å². The minimum absolute atomic E-state index is 0.0763. The van der Waals surface area contributed by atoms with E-state index in [1.54, 1.807) is 18.4 Å². The van der Waals surface area contributed by atoms with Crippen molar-refractivity contribution in [3.05, 3.63) is 39.7 Å². The smallest absolute Gasteiger partial charge is 0.257 e. The van der Waals surface area contributed by atoms with E-state index in [1.807, 2.05) is 41.3 Å². The van der Waals surface area contributed by atoms with Crippen molar-refractivity contribution < 1.29 is 14.2 Å². The van der Waals surface area contributed by atoms with E-state index in [0.717, 1.165) is 16.3 Å². The lowest BCUT2D eigenvalue weighted by Gasteiger charge is -2.11. The maximum Gasteiger partial charge on any atom is 0.257 e. The number of benzene rings is 1. The third-order valence-electron chi connectivity index (χ3n) is 3.11. The zero-order valence-electron chi connectivity index (χ0n) is 11.6. The molecular weight excluding hydrogens is 296 g/mol. The van der Waals surface area contributed by atoms with E-state index in [9.17, 15) is 4.79 Å². The van der Waals surface area contributed by atoms with Gasteiger partial charge in [-0.3, -0.25) is 9.63 Å². The third-order valence-corrected chi connectivity index (χ3v) is 4.39. The van der Waals surface area contributed by atoms with Crippen LogP contribution in [0.3, 0.4) is 0 Å². The fourth-order valence-corrected chi connectivity index (χ4v) is 2.93. The molecule has 1 amide bonds. The van der Waals surface area contributed by atoms with Gasteiger partial charge in [0.05, 0.1) is 12.5 Å². The summed E-state index contributed by atoms with van der Waals surface area (Å²) in [6.07, 6.45) is 0.319. The van der Waals surface area contributed by atoms with E-state index >= 15 is 0 Å². The molecule has 0 N–H and O–H groups in total. The average molecular weight is 312 g/mol. The summed E-state index contributed by atoms with van der Waals surface area (Å²) in [6.45, 7) is 0. The Morgan fingerprint density at radius 2 is 2.05 bits per heavy atom. The molecule has 0 bridgehead atoms. The van der Waals surface area contributed by atoms with Gasteiger partial charge in [0, 0.05) is 17.6 Å². The highest BCUT2D eigenvalue weighted by atomic mass is 35.5. The van der Waals surface area contributed by atoms with Gasteiger partial charge in [0.1, 0.15) is 13.5 Å². The first-order valence-corrected chi connectivity index (χ1v) is 7.31. The molecule has 0 aliphatic rings. The largest absolute Gasteiger partial charge is 0.275 e. The molecule has 6 heteroatoms. The van der Waals surface area contributed by atoms with Gasteiger partial charge >= 0.3 is 0 Å². The van der Waals surface area contributed by atoms with E-state index in [0.29, 0.717) is 11.4 Å². The highest BCUT2D eigenvalue weighted by Gasteiger charge is 2.22. The van der Waals surface area contributed by atoms with Crippen LogP contribution in [0.2, 0.25) is 5.02 Å². The number of halogens is 1. The van der Waals surface area contributed by atoms with Gasteiger partial charge in [-0.2, -0.15) is 4.57 Å². The fraction of sp³-hybridized carbons (Fsp3) is 0.286. The first kappa shape index (κ1) is 15.0. The maximum absolute atomic E-state index is 11.9. The Labute approximate surface area is 127 Å². The third kappa shape index (κ3) is 3.17. The zero-order valence-corrected chi connectivity index (χ0v) is 13.2. The molecule has 1 heterocycles. The van der Waals surface area contributed by atoms with Gasteiger partial charge in [-0.05, 0) is 24.3 Å². The predicted octanol–water partition coefficient (Wildman–Crippen LogP) is 2.46. The van der Waals surface area contributed by atoms with Crippen molar-refractivity contribution in [2.24, 2.45) is 7.05 Å². The molecule has 0 radical (unpaired) electrons. The first-order valence-electron chi connectivity index (χ1n) is 6.06. The van der Waals surface area contributed by atoms with Crippen LogP contribution < -0.4 is 4.57 Å². The Bertz CT molecular complexity index is 610. The molecular formula is C14H16ClN2O2S+. The highest BCUT2D eigenvalue weighted by molar-refractivity contribution is 7.09. The number of hydroxylamine groups is 2. The SMILES string of the molecule is CON(C)C(=O)Cc1scc(-c2ccc(Cl)cc2)[n+]1C. The Hall–Kier alpha value is -1.43. The van der Waals surface area contributed by atoms with Gasteiger partial charge < -0.3 is 0 Å². The number of carbonyl (C=O) groups is 1. The number of likely N-dealkylation sites (N-methyl/N-ethyl adjacent to an activating group) is 1. The molecule has 0 fully saturated rings. The second-order valence-electron chi connectivity index (χ2n) is 4.33.